The van der Waals surface area contributed by atoms with E-state index in [0.717, 1.165) is 0 Å². The van der Waals surface area contributed by atoms with Crippen molar-refractivity contribution >= 4 is 23.0 Å². The van der Waals surface area contributed by atoms with Gasteiger partial charge in [-0.25, -0.2) is 4.39 Å². The number of carbonyl (C=O) groups is 1. The molecule has 0 aromatic heterocycles. The highest BCUT2D eigenvalue weighted by Crippen LogP contribution is 2.19. The summed E-state index contributed by atoms with van der Waals surface area (Å²) < 4.78 is 13.3. The third kappa shape index (κ3) is 4.06. The Hall–Kier alpha value is -1.29. The molecule has 1 N–H and O–H groups in total. The first-order valence-corrected chi connectivity index (χ1v) is 5.87. The Labute approximate surface area is 98.2 Å². The van der Waals surface area contributed by atoms with Crippen molar-refractivity contribution in [2.75, 3.05) is 5.75 Å². The van der Waals surface area contributed by atoms with E-state index in [0.29, 0.717) is 17.7 Å². The van der Waals surface area contributed by atoms with E-state index < -0.39 is 5.82 Å². The van der Waals surface area contributed by atoms with Crippen molar-refractivity contribution in [1.82, 2.24) is 0 Å². The number of benzene rings is 1. The van der Waals surface area contributed by atoms with Crippen LogP contribution in [0.25, 0.3) is 6.08 Å². The summed E-state index contributed by atoms with van der Waals surface area (Å²) in [6.07, 6.45) is 4.09. The monoisotopic (exact) mass is 240 g/mol. The van der Waals surface area contributed by atoms with Crippen molar-refractivity contribution in [3.8, 4) is 5.75 Å². The van der Waals surface area contributed by atoms with Crippen LogP contribution in [0.4, 0.5) is 4.39 Å². The highest BCUT2D eigenvalue weighted by atomic mass is 32.2. The molecule has 0 fully saturated rings. The number of hydrogen-bond acceptors (Lipinski definition) is 3. The van der Waals surface area contributed by atoms with E-state index in [-0.39, 0.29) is 10.9 Å². The van der Waals surface area contributed by atoms with Crippen LogP contribution in [0, 0.1) is 5.82 Å². The molecule has 1 aromatic rings. The van der Waals surface area contributed by atoms with Gasteiger partial charge in [-0.3, -0.25) is 4.79 Å². The van der Waals surface area contributed by atoms with Gasteiger partial charge in [0, 0.05) is 18.2 Å². The molecule has 86 valence electrons. The summed E-state index contributed by atoms with van der Waals surface area (Å²) in [5.41, 5.74) is 0.354. The molecule has 0 saturated carbocycles. The molecule has 0 heterocycles. The molecular weight excluding hydrogens is 227 g/mol. The van der Waals surface area contributed by atoms with Crippen LogP contribution in [-0.2, 0) is 4.79 Å². The van der Waals surface area contributed by atoms with Gasteiger partial charge in [-0.15, -0.1) is 0 Å². The van der Waals surface area contributed by atoms with Crippen molar-refractivity contribution in [2.45, 2.75) is 13.3 Å². The predicted octanol–water partition coefficient (Wildman–Crippen LogP) is 3.21. The summed E-state index contributed by atoms with van der Waals surface area (Å²) in [6, 6.07) is 4.48. The predicted molar refractivity (Wildman–Crippen MR) is 64.9 cm³/mol. The maximum atomic E-state index is 13.3. The second-order valence-electron chi connectivity index (χ2n) is 3.21. The van der Waals surface area contributed by atoms with Crippen molar-refractivity contribution in [1.29, 1.82) is 0 Å². The standard InChI is InChI=1S/C12H13FO2S/c1-9(14)16-8-3-2-5-10-6-4-7-11(15)12(10)13/h2,4-7,15H,3,8H2,1H3. The summed E-state index contributed by atoms with van der Waals surface area (Å²) in [5, 5.41) is 9.20. The maximum absolute atomic E-state index is 13.3. The van der Waals surface area contributed by atoms with Gasteiger partial charge >= 0.3 is 0 Å². The van der Waals surface area contributed by atoms with Crippen molar-refractivity contribution in [3.05, 3.63) is 35.7 Å². The van der Waals surface area contributed by atoms with Gasteiger partial charge in [0.1, 0.15) is 0 Å². The van der Waals surface area contributed by atoms with E-state index in [9.17, 15) is 9.18 Å². The summed E-state index contributed by atoms with van der Waals surface area (Å²) in [4.78, 5) is 10.6. The minimum Gasteiger partial charge on any atom is -0.505 e. The third-order valence-corrected chi connectivity index (χ3v) is 2.74. The zero-order valence-electron chi connectivity index (χ0n) is 8.94. The third-order valence-electron chi connectivity index (χ3n) is 1.90. The fourth-order valence-electron chi connectivity index (χ4n) is 1.15. The van der Waals surface area contributed by atoms with Crippen molar-refractivity contribution < 1.29 is 14.3 Å². The van der Waals surface area contributed by atoms with Gasteiger partial charge in [-0.05, 0) is 12.5 Å². The van der Waals surface area contributed by atoms with E-state index in [1.807, 2.05) is 0 Å². The van der Waals surface area contributed by atoms with E-state index in [1.54, 1.807) is 24.3 Å². The lowest BCUT2D eigenvalue weighted by molar-refractivity contribution is -0.109. The SMILES string of the molecule is CC(=O)SCCC=Cc1cccc(O)c1F. The molecule has 0 aliphatic carbocycles. The molecule has 0 atom stereocenters. The second kappa shape index (κ2) is 6.33. The van der Waals surface area contributed by atoms with E-state index >= 15 is 0 Å². The molecule has 0 radical (unpaired) electrons. The lowest BCUT2D eigenvalue weighted by Crippen LogP contribution is -1.85. The molecule has 0 aliphatic heterocycles. The second-order valence-corrected chi connectivity index (χ2v) is 4.48. The van der Waals surface area contributed by atoms with E-state index in [1.165, 1.54) is 24.8 Å². The molecule has 4 heteroatoms. The van der Waals surface area contributed by atoms with Crippen LogP contribution in [0.2, 0.25) is 0 Å². The van der Waals surface area contributed by atoms with Crippen LogP contribution in [0.15, 0.2) is 24.3 Å². The number of allylic oxidation sites excluding steroid dienone is 1. The Morgan fingerprint density at radius 1 is 1.56 bits per heavy atom. The molecule has 0 unspecified atom stereocenters. The lowest BCUT2D eigenvalue weighted by atomic mass is 10.2. The zero-order valence-corrected chi connectivity index (χ0v) is 9.76. The molecule has 0 saturated heterocycles. The average Bonchev–Trinajstić information content (AvgIpc) is 2.23. The highest BCUT2D eigenvalue weighted by molar-refractivity contribution is 8.13. The van der Waals surface area contributed by atoms with E-state index in [2.05, 4.69) is 0 Å². The number of aromatic hydroxyl groups is 1. The Morgan fingerprint density at radius 2 is 2.31 bits per heavy atom. The lowest BCUT2D eigenvalue weighted by Gasteiger charge is -1.98. The molecular formula is C12H13FO2S. The Kier molecular flexibility index (Phi) is 5.05. The molecule has 0 spiro atoms. The number of phenols is 1. The Balaban J connectivity index is 2.50. The van der Waals surface area contributed by atoms with Crippen LogP contribution in [-0.4, -0.2) is 16.0 Å². The maximum Gasteiger partial charge on any atom is 0.185 e. The topological polar surface area (TPSA) is 37.3 Å². The first kappa shape index (κ1) is 12.8. The number of rotatable bonds is 4. The Morgan fingerprint density at radius 3 is 3.00 bits per heavy atom. The molecule has 0 bridgehead atoms. The van der Waals surface area contributed by atoms with Crippen LogP contribution in [0.3, 0.4) is 0 Å². The quantitative estimate of drug-likeness (QED) is 0.821. The Bertz CT molecular complexity index is 402. The van der Waals surface area contributed by atoms with Gasteiger partial charge in [-0.1, -0.05) is 36.0 Å². The largest absolute Gasteiger partial charge is 0.505 e. The van der Waals surface area contributed by atoms with Gasteiger partial charge in [0.25, 0.3) is 0 Å². The highest BCUT2D eigenvalue weighted by Gasteiger charge is 2.02. The first-order valence-electron chi connectivity index (χ1n) is 4.88. The molecule has 16 heavy (non-hydrogen) atoms. The van der Waals surface area contributed by atoms with Gasteiger partial charge in [0.05, 0.1) is 0 Å². The number of phenolic OH excluding ortho intramolecular Hbond substituents is 1. The normalized spacial score (nSPS) is 10.9. The summed E-state index contributed by atoms with van der Waals surface area (Å²) in [6.45, 7) is 1.52. The van der Waals surface area contributed by atoms with Gasteiger partial charge in [0.15, 0.2) is 16.7 Å². The molecule has 1 aromatic carbocycles. The zero-order chi connectivity index (χ0) is 12.0. The van der Waals surface area contributed by atoms with Crippen LogP contribution in [0.1, 0.15) is 18.9 Å². The minimum absolute atomic E-state index is 0.0805. The fraction of sp³-hybridized carbons (Fsp3) is 0.250. The number of thioether (sulfide) groups is 1. The smallest absolute Gasteiger partial charge is 0.185 e. The molecule has 0 aliphatic rings. The number of hydrogen-bond donors (Lipinski definition) is 1. The number of halogens is 1. The van der Waals surface area contributed by atoms with Gasteiger partial charge < -0.3 is 5.11 Å². The van der Waals surface area contributed by atoms with Crippen LogP contribution >= 0.6 is 11.8 Å². The first-order chi connectivity index (χ1) is 7.61. The molecule has 1 rings (SSSR count). The van der Waals surface area contributed by atoms with Crippen LogP contribution in [0.5, 0.6) is 5.75 Å². The van der Waals surface area contributed by atoms with Crippen LogP contribution < -0.4 is 0 Å². The summed E-state index contributed by atoms with van der Waals surface area (Å²) in [7, 11) is 0. The minimum atomic E-state index is -0.613. The number of carbonyl (C=O) groups excluding carboxylic acids is 1. The average molecular weight is 240 g/mol. The van der Waals surface area contributed by atoms with Gasteiger partial charge in [-0.2, -0.15) is 0 Å². The van der Waals surface area contributed by atoms with Crippen molar-refractivity contribution in [3.63, 3.8) is 0 Å². The summed E-state index contributed by atoms with van der Waals surface area (Å²) >= 11 is 1.24. The fourth-order valence-corrected chi connectivity index (χ4v) is 1.69. The summed E-state index contributed by atoms with van der Waals surface area (Å²) in [5.74, 6) is -0.273. The van der Waals surface area contributed by atoms with Gasteiger partial charge in [0.2, 0.25) is 0 Å². The molecule has 0 amide bonds. The van der Waals surface area contributed by atoms with Crippen molar-refractivity contribution in [2.24, 2.45) is 0 Å². The van der Waals surface area contributed by atoms with E-state index in [4.69, 9.17) is 5.11 Å². The molecule has 2 nitrogen and oxygen atoms in total.